The standard InChI is InChI=1S/C13H17F3N2O2S/c14-13(15,16)9-5-7-10(8-6-9)18-11-3-1-2-4-12(11)21(17,19)20/h1-4,9-10,18H,5-8H2,(H2,17,19,20). The van der Waals surface area contributed by atoms with Crippen LogP contribution in [0.5, 0.6) is 0 Å². The molecule has 2 rings (SSSR count). The molecule has 1 saturated carbocycles. The Morgan fingerprint density at radius 1 is 1.10 bits per heavy atom. The van der Waals surface area contributed by atoms with Crippen molar-refractivity contribution >= 4 is 15.7 Å². The maximum absolute atomic E-state index is 12.6. The maximum Gasteiger partial charge on any atom is 0.391 e. The van der Waals surface area contributed by atoms with Crippen LogP contribution >= 0.6 is 0 Å². The lowest BCUT2D eigenvalue weighted by atomic mass is 9.85. The van der Waals surface area contributed by atoms with Gasteiger partial charge in [0.1, 0.15) is 4.90 Å². The molecular formula is C13H17F3N2O2S. The van der Waals surface area contributed by atoms with Gasteiger partial charge in [-0.25, -0.2) is 13.6 Å². The first-order chi connectivity index (χ1) is 9.68. The van der Waals surface area contributed by atoms with Crippen LogP contribution in [0.25, 0.3) is 0 Å². The highest BCUT2D eigenvalue weighted by Crippen LogP contribution is 2.38. The van der Waals surface area contributed by atoms with Crippen LogP contribution in [0.4, 0.5) is 18.9 Å². The summed E-state index contributed by atoms with van der Waals surface area (Å²) >= 11 is 0. The monoisotopic (exact) mass is 322 g/mol. The van der Waals surface area contributed by atoms with Gasteiger partial charge in [-0.2, -0.15) is 13.2 Å². The van der Waals surface area contributed by atoms with Gasteiger partial charge in [0.15, 0.2) is 0 Å². The zero-order valence-electron chi connectivity index (χ0n) is 11.2. The highest BCUT2D eigenvalue weighted by molar-refractivity contribution is 7.89. The summed E-state index contributed by atoms with van der Waals surface area (Å²) < 4.78 is 60.7. The van der Waals surface area contributed by atoms with Gasteiger partial charge in [-0.15, -0.1) is 0 Å². The number of hydrogen-bond acceptors (Lipinski definition) is 3. The van der Waals surface area contributed by atoms with Crippen molar-refractivity contribution in [2.75, 3.05) is 5.32 Å². The number of rotatable bonds is 3. The molecule has 0 atom stereocenters. The fourth-order valence-electron chi connectivity index (χ4n) is 2.62. The zero-order chi connectivity index (χ0) is 15.7. The van der Waals surface area contributed by atoms with E-state index in [0.29, 0.717) is 18.5 Å². The lowest BCUT2D eigenvalue weighted by Crippen LogP contribution is -2.33. The number of para-hydroxylation sites is 1. The van der Waals surface area contributed by atoms with Crippen LogP contribution in [0, 0.1) is 5.92 Å². The summed E-state index contributed by atoms with van der Waals surface area (Å²) in [6.45, 7) is 0. The number of nitrogens with one attached hydrogen (secondary N) is 1. The van der Waals surface area contributed by atoms with Gasteiger partial charge in [0, 0.05) is 6.04 Å². The molecule has 1 aliphatic carbocycles. The summed E-state index contributed by atoms with van der Waals surface area (Å²) in [7, 11) is -3.86. The number of hydrogen-bond donors (Lipinski definition) is 2. The molecule has 8 heteroatoms. The second kappa shape index (κ2) is 5.84. The van der Waals surface area contributed by atoms with Crippen molar-refractivity contribution < 1.29 is 21.6 Å². The quantitative estimate of drug-likeness (QED) is 0.899. The summed E-state index contributed by atoms with van der Waals surface area (Å²) in [5.41, 5.74) is 0.343. The summed E-state index contributed by atoms with van der Waals surface area (Å²) in [5.74, 6) is -1.26. The molecule has 0 aliphatic heterocycles. The molecular weight excluding hydrogens is 305 g/mol. The second-order valence-electron chi connectivity index (χ2n) is 5.28. The van der Waals surface area contributed by atoms with Crippen molar-refractivity contribution in [3.63, 3.8) is 0 Å². The fourth-order valence-corrected chi connectivity index (χ4v) is 3.32. The Bertz CT molecular complexity index is 594. The number of sulfonamides is 1. The van der Waals surface area contributed by atoms with Gasteiger partial charge in [-0.05, 0) is 37.8 Å². The fraction of sp³-hybridized carbons (Fsp3) is 0.538. The third-order valence-corrected chi connectivity index (χ3v) is 4.71. The van der Waals surface area contributed by atoms with Gasteiger partial charge in [0.2, 0.25) is 10.0 Å². The van der Waals surface area contributed by atoms with Gasteiger partial charge in [0.25, 0.3) is 0 Å². The number of nitrogens with two attached hydrogens (primary N) is 1. The van der Waals surface area contributed by atoms with Crippen molar-refractivity contribution in [1.29, 1.82) is 0 Å². The van der Waals surface area contributed by atoms with Crippen molar-refractivity contribution in [1.82, 2.24) is 0 Å². The Balaban J connectivity index is 2.05. The van der Waals surface area contributed by atoms with E-state index in [2.05, 4.69) is 5.32 Å². The number of primary sulfonamides is 1. The van der Waals surface area contributed by atoms with E-state index in [1.807, 2.05) is 0 Å². The van der Waals surface area contributed by atoms with Crippen LogP contribution < -0.4 is 10.5 Å². The summed E-state index contributed by atoms with van der Waals surface area (Å²) in [6.07, 6.45) is -3.34. The minimum atomic E-state index is -4.15. The highest BCUT2D eigenvalue weighted by atomic mass is 32.2. The SMILES string of the molecule is NS(=O)(=O)c1ccccc1NC1CCC(C(F)(F)F)CC1. The first-order valence-corrected chi connectivity index (χ1v) is 8.17. The summed E-state index contributed by atoms with van der Waals surface area (Å²) in [4.78, 5) is -0.0389. The molecule has 118 valence electrons. The lowest BCUT2D eigenvalue weighted by Gasteiger charge is -2.31. The molecule has 1 aliphatic rings. The molecule has 0 unspecified atom stereocenters. The molecule has 4 nitrogen and oxygen atoms in total. The molecule has 1 fully saturated rings. The third-order valence-electron chi connectivity index (χ3n) is 3.74. The second-order valence-corrected chi connectivity index (χ2v) is 6.81. The van der Waals surface area contributed by atoms with Crippen LogP contribution in [-0.2, 0) is 10.0 Å². The largest absolute Gasteiger partial charge is 0.391 e. The number of alkyl halides is 3. The summed E-state index contributed by atoms with van der Waals surface area (Å²) in [5, 5.41) is 8.13. The van der Waals surface area contributed by atoms with E-state index in [4.69, 9.17) is 5.14 Å². The van der Waals surface area contributed by atoms with Crippen LogP contribution in [0.1, 0.15) is 25.7 Å². The number of benzene rings is 1. The minimum absolute atomic E-state index is 0.0389. The van der Waals surface area contributed by atoms with Gasteiger partial charge >= 0.3 is 6.18 Å². The minimum Gasteiger partial charge on any atom is -0.381 e. The maximum atomic E-state index is 12.6. The first-order valence-electron chi connectivity index (χ1n) is 6.63. The zero-order valence-corrected chi connectivity index (χ0v) is 12.0. The smallest absolute Gasteiger partial charge is 0.381 e. The first kappa shape index (κ1) is 16.1. The Hall–Kier alpha value is -1.28. The Kier molecular flexibility index (Phi) is 4.48. The van der Waals surface area contributed by atoms with Gasteiger partial charge in [-0.3, -0.25) is 0 Å². The average Bonchev–Trinajstić information content (AvgIpc) is 2.37. The molecule has 0 heterocycles. The van der Waals surface area contributed by atoms with E-state index in [1.54, 1.807) is 18.2 Å². The van der Waals surface area contributed by atoms with E-state index in [-0.39, 0.29) is 23.8 Å². The lowest BCUT2D eigenvalue weighted by molar-refractivity contribution is -0.182. The third kappa shape index (κ3) is 4.10. The van der Waals surface area contributed by atoms with Gasteiger partial charge in [-0.1, -0.05) is 12.1 Å². The Labute approximate surface area is 121 Å². The molecule has 3 N–H and O–H groups in total. The highest BCUT2D eigenvalue weighted by Gasteiger charge is 2.41. The van der Waals surface area contributed by atoms with E-state index in [1.165, 1.54) is 6.07 Å². The van der Waals surface area contributed by atoms with Crippen LogP contribution in [0.15, 0.2) is 29.2 Å². The summed E-state index contributed by atoms with van der Waals surface area (Å²) in [6, 6.07) is 5.96. The molecule has 1 aromatic rings. The topological polar surface area (TPSA) is 72.2 Å². The molecule has 21 heavy (non-hydrogen) atoms. The van der Waals surface area contributed by atoms with Crippen LogP contribution in [-0.4, -0.2) is 20.6 Å². The van der Waals surface area contributed by atoms with Crippen molar-refractivity contribution in [3.8, 4) is 0 Å². The normalized spacial score (nSPS) is 23.8. The van der Waals surface area contributed by atoms with E-state index in [9.17, 15) is 21.6 Å². The van der Waals surface area contributed by atoms with E-state index < -0.39 is 22.1 Å². The molecule has 0 radical (unpaired) electrons. The molecule has 0 saturated heterocycles. The van der Waals surface area contributed by atoms with Gasteiger partial charge < -0.3 is 5.32 Å². The molecule has 0 bridgehead atoms. The molecule has 1 aromatic carbocycles. The number of halogens is 3. The van der Waals surface area contributed by atoms with Crippen molar-refractivity contribution in [3.05, 3.63) is 24.3 Å². The van der Waals surface area contributed by atoms with Gasteiger partial charge in [0.05, 0.1) is 11.6 Å². The Morgan fingerprint density at radius 3 is 2.19 bits per heavy atom. The van der Waals surface area contributed by atoms with Crippen molar-refractivity contribution in [2.24, 2.45) is 11.1 Å². The van der Waals surface area contributed by atoms with E-state index in [0.717, 1.165) is 0 Å². The Morgan fingerprint density at radius 2 is 1.67 bits per heavy atom. The molecule has 0 spiro atoms. The predicted molar refractivity (Wildman–Crippen MR) is 73.2 cm³/mol. The average molecular weight is 322 g/mol. The molecule has 0 aromatic heterocycles. The predicted octanol–water partition coefficient (Wildman–Crippen LogP) is 2.87. The van der Waals surface area contributed by atoms with E-state index >= 15 is 0 Å². The number of anilines is 1. The van der Waals surface area contributed by atoms with Crippen LogP contribution in [0.2, 0.25) is 0 Å². The van der Waals surface area contributed by atoms with Crippen molar-refractivity contribution in [2.45, 2.75) is 42.8 Å². The molecule has 0 amide bonds. The van der Waals surface area contributed by atoms with Crippen LogP contribution in [0.3, 0.4) is 0 Å².